The maximum atomic E-state index is 11.9. The van der Waals surface area contributed by atoms with E-state index in [2.05, 4.69) is 17.5 Å². The highest BCUT2D eigenvalue weighted by Gasteiger charge is 2.07. The van der Waals surface area contributed by atoms with Crippen molar-refractivity contribution in [2.24, 2.45) is 5.10 Å². The number of rotatable bonds is 14. The lowest BCUT2D eigenvalue weighted by molar-refractivity contribution is -0.121. The lowest BCUT2D eigenvalue weighted by Crippen LogP contribution is -2.16. The van der Waals surface area contributed by atoms with E-state index < -0.39 is 0 Å². The van der Waals surface area contributed by atoms with Gasteiger partial charge in [0.1, 0.15) is 6.61 Å². The number of halogens is 1. The quantitative estimate of drug-likeness (QED) is 0.205. The van der Waals surface area contributed by atoms with Gasteiger partial charge in [0.15, 0.2) is 11.5 Å². The van der Waals surface area contributed by atoms with Crippen LogP contribution < -0.4 is 14.9 Å². The van der Waals surface area contributed by atoms with Crippen LogP contribution in [-0.2, 0) is 11.4 Å². The van der Waals surface area contributed by atoms with Crippen molar-refractivity contribution in [3.8, 4) is 11.5 Å². The van der Waals surface area contributed by atoms with Gasteiger partial charge in [-0.3, -0.25) is 4.79 Å². The number of amides is 1. The molecule has 2 aromatic carbocycles. The Bertz CT molecular complexity index is 822. The van der Waals surface area contributed by atoms with Crippen LogP contribution in [0, 0.1) is 0 Å². The zero-order chi connectivity index (χ0) is 22.3. The lowest BCUT2D eigenvalue weighted by Gasteiger charge is -2.12. The largest absolute Gasteiger partial charge is 0.490 e. The standard InChI is InChI=1S/C25H33ClN2O3/c1-3-5-6-7-8-9-10-25(29)28-27-18-21-13-16-23(24(17-21)30-4-2)31-19-20-11-14-22(26)15-12-20/h11-18H,3-10,19H2,1-2H3,(H,28,29)/b27-18-. The summed E-state index contributed by atoms with van der Waals surface area (Å²) in [4.78, 5) is 11.9. The first kappa shape index (κ1) is 24.7. The normalized spacial score (nSPS) is 10.9. The molecule has 0 aromatic heterocycles. The minimum absolute atomic E-state index is 0.0558. The summed E-state index contributed by atoms with van der Waals surface area (Å²) >= 11 is 5.92. The molecule has 2 aromatic rings. The Balaban J connectivity index is 1.83. The smallest absolute Gasteiger partial charge is 0.240 e. The number of hydrogen-bond donors (Lipinski definition) is 1. The molecule has 0 unspecified atom stereocenters. The van der Waals surface area contributed by atoms with Crippen LogP contribution in [0.5, 0.6) is 11.5 Å². The molecular weight excluding hydrogens is 412 g/mol. The molecule has 6 heteroatoms. The number of ether oxygens (including phenoxy) is 2. The van der Waals surface area contributed by atoms with Crippen LogP contribution in [0.3, 0.4) is 0 Å². The first-order valence-corrected chi connectivity index (χ1v) is 11.5. The first-order valence-electron chi connectivity index (χ1n) is 11.1. The van der Waals surface area contributed by atoms with Gasteiger partial charge in [-0.1, -0.05) is 62.8 Å². The highest BCUT2D eigenvalue weighted by molar-refractivity contribution is 6.30. The van der Waals surface area contributed by atoms with Gasteiger partial charge >= 0.3 is 0 Å². The first-order chi connectivity index (χ1) is 15.1. The number of nitrogens with zero attached hydrogens (tertiary/aromatic N) is 1. The van der Waals surface area contributed by atoms with Gasteiger partial charge in [0, 0.05) is 11.4 Å². The zero-order valence-electron chi connectivity index (χ0n) is 18.5. The summed E-state index contributed by atoms with van der Waals surface area (Å²) in [5.41, 5.74) is 4.44. The fourth-order valence-corrected chi connectivity index (χ4v) is 3.16. The molecule has 168 valence electrons. The molecule has 0 aliphatic carbocycles. The monoisotopic (exact) mass is 444 g/mol. The maximum absolute atomic E-state index is 11.9. The minimum atomic E-state index is -0.0558. The van der Waals surface area contributed by atoms with E-state index in [1.54, 1.807) is 6.21 Å². The zero-order valence-corrected chi connectivity index (χ0v) is 19.3. The number of benzene rings is 2. The summed E-state index contributed by atoms with van der Waals surface area (Å²) in [5, 5.41) is 4.76. The van der Waals surface area contributed by atoms with Crippen LogP contribution in [0.25, 0.3) is 0 Å². The average Bonchev–Trinajstić information content (AvgIpc) is 2.77. The summed E-state index contributed by atoms with van der Waals surface area (Å²) in [6.07, 6.45) is 9.05. The second-order valence-electron chi connectivity index (χ2n) is 7.37. The topological polar surface area (TPSA) is 59.9 Å². The van der Waals surface area contributed by atoms with Gasteiger partial charge in [-0.15, -0.1) is 0 Å². The van der Waals surface area contributed by atoms with Crippen molar-refractivity contribution < 1.29 is 14.3 Å². The van der Waals surface area contributed by atoms with E-state index in [1.165, 1.54) is 25.7 Å². The maximum Gasteiger partial charge on any atom is 0.240 e. The van der Waals surface area contributed by atoms with Crippen molar-refractivity contribution in [3.63, 3.8) is 0 Å². The Morgan fingerprint density at radius 1 is 0.968 bits per heavy atom. The number of carbonyl (C=O) groups is 1. The number of hydrazone groups is 1. The summed E-state index contributed by atoms with van der Waals surface area (Å²) in [6, 6.07) is 13.1. The molecule has 0 atom stereocenters. The molecule has 0 fully saturated rings. The predicted octanol–water partition coefficient (Wildman–Crippen LogP) is 6.52. The second kappa shape index (κ2) is 14.5. The molecule has 0 bridgehead atoms. The number of hydrogen-bond acceptors (Lipinski definition) is 4. The van der Waals surface area contributed by atoms with E-state index in [4.69, 9.17) is 21.1 Å². The van der Waals surface area contributed by atoms with Crippen LogP contribution >= 0.6 is 11.6 Å². The van der Waals surface area contributed by atoms with E-state index in [9.17, 15) is 4.79 Å². The molecular formula is C25H33ClN2O3. The fourth-order valence-electron chi connectivity index (χ4n) is 3.03. The van der Waals surface area contributed by atoms with Crippen LogP contribution in [0.4, 0.5) is 0 Å². The van der Waals surface area contributed by atoms with E-state index in [1.807, 2.05) is 49.4 Å². The molecule has 31 heavy (non-hydrogen) atoms. The Labute approximate surface area is 190 Å². The van der Waals surface area contributed by atoms with E-state index in [0.29, 0.717) is 36.2 Å². The third kappa shape index (κ3) is 9.88. The molecule has 1 amide bonds. The molecule has 0 radical (unpaired) electrons. The van der Waals surface area contributed by atoms with Crippen molar-refractivity contribution in [3.05, 3.63) is 58.6 Å². The van der Waals surface area contributed by atoms with Crippen molar-refractivity contribution in [2.75, 3.05) is 6.61 Å². The number of unbranched alkanes of at least 4 members (excludes halogenated alkanes) is 5. The summed E-state index contributed by atoms with van der Waals surface area (Å²) in [7, 11) is 0. The molecule has 1 N–H and O–H groups in total. The second-order valence-corrected chi connectivity index (χ2v) is 7.80. The molecule has 2 rings (SSSR count). The van der Waals surface area contributed by atoms with Gasteiger partial charge < -0.3 is 9.47 Å². The Morgan fingerprint density at radius 2 is 1.71 bits per heavy atom. The fraction of sp³-hybridized carbons (Fsp3) is 0.440. The number of carbonyl (C=O) groups excluding carboxylic acids is 1. The SMILES string of the molecule is CCCCCCCCC(=O)N/N=C\c1ccc(OCc2ccc(Cl)cc2)c(OCC)c1. The predicted molar refractivity (Wildman–Crippen MR) is 127 cm³/mol. The average molecular weight is 445 g/mol. The third-order valence-electron chi connectivity index (χ3n) is 4.74. The van der Waals surface area contributed by atoms with Crippen molar-refractivity contribution in [1.82, 2.24) is 5.43 Å². The molecule has 0 heterocycles. The summed E-state index contributed by atoms with van der Waals surface area (Å²) < 4.78 is 11.6. The molecule has 0 saturated carbocycles. The van der Waals surface area contributed by atoms with Gasteiger partial charge in [0.2, 0.25) is 5.91 Å². The Morgan fingerprint density at radius 3 is 2.45 bits per heavy atom. The van der Waals surface area contributed by atoms with Gasteiger partial charge in [0.25, 0.3) is 0 Å². The number of nitrogens with one attached hydrogen (secondary N) is 1. The minimum Gasteiger partial charge on any atom is -0.490 e. The highest BCUT2D eigenvalue weighted by Crippen LogP contribution is 2.29. The van der Waals surface area contributed by atoms with E-state index in [0.717, 1.165) is 24.0 Å². The summed E-state index contributed by atoms with van der Waals surface area (Å²) in [5.74, 6) is 1.24. The van der Waals surface area contributed by atoms with Gasteiger partial charge in [-0.05, 0) is 54.8 Å². The molecule has 0 saturated heterocycles. The summed E-state index contributed by atoms with van der Waals surface area (Å²) in [6.45, 7) is 5.06. The Kier molecular flexibility index (Phi) is 11.5. The van der Waals surface area contributed by atoms with Gasteiger partial charge in [0.05, 0.1) is 12.8 Å². The van der Waals surface area contributed by atoms with Gasteiger partial charge in [-0.2, -0.15) is 5.10 Å². The Hall–Kier alpha value is -2.53. The molecule has 0 aliphatic heterocycles. The molecule has 5 nitrogen and oxygen atoms in total. The van der Waals surface area contributed by atoms with Gasteiger partial charge in [-0.25, -0.2) is 5.43 Å². The molecule has 0 aliphatic rings. The lowest BCUT2D eigenvalue weighted by atomic mass is 10.1. The van der Waals surface area contributed by atoms with E-state index in [-0.39, 0.29) is 5.91 Å². The molecule has 0 spiro atoms. The van der Waals surface area contributed by atoms with Crippen LogP contribution in [0.15, 0.2) is 47.6 Å². The van der Waals surface area contributed by atoms with E-state index >= 15 is 0 Å². The van der Waals surface area contributed by atoms with Crippen molar-refractivity contribution >= 4 is 23.7 Å². The van der Waals surface area contributed by atoms with Crippen LogP contribution in [-0.4, -0.2) is 18.7 Å². The van der Waals surface area contributed by atoms with Crippen molar-refractivity contribution in [2.45, 2.75) is 65.4 Å². The van der Waals surface area contributed by atoms with Crippen LogP contribution in [0.1, 0.15) is 69.9 Å². The van der Waals surface area contributed by atoms with Crippen molar-refractivity contribution in [1.29, 1.82) is 0 Å². The highest BCUT2D eigenvalue weighted by atomic mass is 35.5. The van der Waals surface area contributed by atoms with Crippen LogP contribution in [0.2, 0.25) is 5.02 Å². The third-order valence-corrected chi connectivity index (χ3v) is 4.99.